The third-order valence-electron chi connectivity index (χ3n) is 3.19. The minimum atomic E-state index is -3.27. The van der Waals surface area contributed by atoms with Crippen LogP contribution in [0, 0.1) is 0 Å². The van der Waals surface area contributed by atoms with E-state index < -0.39 is 15.9 Å². The zero-order valence-corrected chi connectivity index (χ0v) is 13.3. The quantitative estimate of drug-likeness (QED) is 0.938. The van der Waals surface area contributed by atoms with Gasteiger partial charge in [0.25, 0.3) is 0 Å². The lowest BCUT2D eigenvalue weighted by Crippen LogP contribution is -2.13. The summed E-state index contributed by atoms with van der Waals surface area (Å²) in [5.74, 6) is 0.640. The average Bonchev–Trinajstić information content (AvgIpc) is 2.45. The fourth-order valence-electron chi connectivity index (χ4n) is 2.01. The van der Waals surface area contributed by atoms with Crippen LogP contribution in [0.15, 0.2) is 47.4 Å². The maximum Gasteiger partial charge on any atom is 0.175 e. The van der Waals surface area contributed by atoms with E-state index >= 15 is 0 Å². The molecule has 0 fully saturated rings. The van der Waals surface area contributed by atoms with Crippen molar-refractivity contribution in [3.8, 4) is 5.75 Å². The fraction of sp³-hybridized carbons (Fsp3) is 0.200. The third kappa shape index (κ3) is 3.56. The number of hydrogen-bond acceptors (Lipinski definition) is 4. The van der Waals surface area contributed by atoms with E-state index in [4.69, 9.17) is 22.1 Å². The van der Waals surface area contributed by atoms with E-state index in [9.17, 15) is 8.42 Å². The minimum absolute atomic E-state index is 0.236. The molecule has 4 nitrogen and oxygen atoms in total. The van der Waals surface area contributed by atoms with E-state index in [1.807, 2.05) is 0 Å². The number of hydrogen-bond donors (Lipinski definition) is 1. The van der Waals surface area contributed by atoms with Gasteiger partial charge in [-0.15, -0.1) is 0 Å². The van der Waals surface area contributed by atoms with Crippen LogP contribution in [0.4, 0.5) is 0 Å². The highest BCUT2D eigenvalue weighted by molar-refractivity contribution is 7.90. The van der Waals surface area contributed by atoms with Crippen molar-refractivity contribution >= 4 is 21.4 Å². The highest BCUT2D eigenvalue weighted by Gasteiger charge is 2.15. The molecule has 0 aliphatic heterocycles. The van der Waals surface area contributed by atoms with Gasteiger partial charge in [-0.05, 0) is 35.4 Å². The first-order chi connectivity index (χ1) is 9.82. The van der Waals surface area contributed by atoms with Crippen LogP contribution in [0.3, 0.4) is 0 Å². The summed E-state index contributed by atoms with van der Waals surface area (Å²) in [6, 6.07) is 11.3. The van der Waals surface area contributed by atoms with E-state index in [0.717, 1.165) is 6.26 Å². The summed E-state index contributed by atoms with van der Waals surface area (Å²) in [7, 11) is -1.71. The van der Waals surface area contributed by atoms with Gasteiger partial charge >= 0.3 is 0 Å². The number of halogens is 1. The predicted octanol–water partition coefficient (Wildman–Crippen LogP) is 2.80. The van der Waals surface area contributed by atoms with Crippen LogP contribution in [-0.4, -0.2) is 21.8 Å². The SMILES string of the molecule is COc1ccc(C(N)c2cccc(S(C)(=O)=O)c2)c(Cl)c1. The minimum Gasteiger partial charge on any atom is -0.497 e. The molecule has 0 aliphatic carbocycles. The van der Waals surface area contributed by atoms with E-state index in [1.54, 1.807) is 49.6 Å². The first-order valence-electron chi connectivity index (χ1n) is 6.22. The van der Waals surface area contributed by atoms with Gasteiger partial charge in [0, 0.05) is 11.3 Å². The average molecular weight is 326 g/mol. The van der Waals surface area contributed by atoms with Gasteiger partial charge in [0.2, 0.25) is 0 Å². The third-order valence-corrected chi connectivity index (χ3v) is 4.63. The Morgan fingerprint density at radius 2 is 1.90 bits per heavy atom. The number of ether oxygens (including phenoxy) is 1. The maximum atomic E-state index is 11.6. The van der Waals surface area contributed by atoms with E-state index in [-0.39, 0.29) is 4.90 Å². The molecular formula is C15H16ClNO3S. The largest absolute Gasteiger partial charge is 0.497 e. The Hall–Kier alpha value is -1.56. The second-order valence-corrected chi connectivity index (χ2v) is 7.13. The topological polar surface area (TPSA) is 69.4 Å². The molecule has 1 unspecified atom stereocenters. The molecule has 2 aromatic carbocycles. The van der Waals surface area contributed by atoms with Crippen molar-refractivity contribution in [1.29, 1.82) is 0 Å². The zero-order valence-electron chi connectivity index (χ0n) is 11.7. The Kier molecular flexibility index (Phi) is 4.56. The summed E-state index contributed by atoms with van der Waals surface area (Å²) in [5, 5.41) is 0.478. The van der Waals surface area contributed by atoms with Crippen molar-refractivity contribution in [1.82, 2.24) is 0 Å². The monoisotopic (exact) mass is 325 g/mol. The fourth-order valence-corrected chi connectivity index (χ4v) is 2.97. The van der Waals surface area contributed by atoms with Crippen molar-refractivity contribution in [2.75, 3.05) is 13.4 Å². The number of methoxy groups -OCH3 is 1. The van der Waals surface area contributed by atoms with Crippen LogP contribution in [0.2, 0.25) is 5.02 Å². The molecule has 0 aromatic heterocycles. The standard InChI is InChI=1S/C15H16ClNO3S/c1-20-11-6-7-13(14(16)9-11)15(17)10-4-3-5-12(8-10)21(2,18)19/h3-9,15H,17H2,1-2H3. The van der Waals surface area contributed by atoms with Gasteiger partial charge < -0.3 is 10.5 Å². The van der Waals surface area contributed by atoms with Crippen LogP contribution in [0.25, 0.3) is 0 Å². The van der Waals surface area contributed by atoms with Crippen molar-refractivity contribution in [2.24, 2.45) is 5.73 Å². The number of sulfone groups is 1. The molecule has 2 rings (SSSR count). The smallest absolute Gasteiger partial charge is 0.175 e. The second kappa shape index (κ2) is 6.05. The van der Waals surface area contributed by atoms with Crippen molar-refractivity contribution in [3.63, 3.8) is 0 Å². The van der Waals surface area contributed by atoms with Crippen molar-refractivity contribution in [2.45, 2.75) is 10.9 Å². The Morgan fingerprint density at radius 3 is 2.48 bits per heavy atom. The van der Waals surface area contributed by atoms with Gasteiger partial charge in [0.1, 0.15) is 5.75 Å². The Bertz CT molecular complexity index is 759. The molecule has 0 saturated heterocycles. The lowest BCUT2D eigenvalue weighted by atomic mass is 9.99. The molecule has 112 valence electrons. The van der Waals surface area contributed by atoms with Crippen LogP contribution in [0.5, 0.6) is 5.75 Å². The molecule has 0 amide bonds. The van der Waals surface area contributed by atoms with Gasteiger partial charge in [-0.2, -0.15) is 0 Å². The molecule has 0 spiro atoms. The van der Waals surface area contributed by atoms with Crippen LogP contribution >= 0.6 is 11.6 Å². The first-order valence-corrected chi connectivity index (χ1v) is 8.49. The first kappa shape index (κ1) is 15.8. The van der Waals surface area contributed by atoms with Gasteiger partial charge in [-0.1, -0.05) is 29.8 Å². The van der Waals surface area contributed by atoms with E-state index in [1.165, 1.54) is 0 Å². The summed E-state index contributed by atoms with van der Waals surface area (Å²) < 4.78 is 28.3. The summed E-state index contributed by atoms with van der Waals surface area (Å²) in [4.78, 5) is 0.236. The Morgan fingerprint density at radius 1 is 1.19 bits per heavy atom. The number of rotatable bonds is 4. The lowest BCUT2D eigenvalue weighted by Gasteiger charge is -2.15. The van der Waals surface area contributed by atoms with E-state index in [0.29, 0.717) is 21.9 Å². The molecule has 0 saturated carbocycles. The molecule has 2 aromatic rings. The van der Waals surface area contributed by atoms with Crippen molar-refractivity contribution in [3.05, 3.63) is 58.6 Å². The van der Waals surface area contributed by atoms with E-state index in [2.05, 4.69) is 0 Å². The number of benzene rings is 2. The van der Waals surface area contributed by atoms with Gasteiger partial charge in [0.15, 0.2) is 9.84 Å². The van der Waals surface area contributed by atoms with Crippen LogP contribution < -0.4 is 10.5 Å². The molecular weight excluding hydrogens is 310 g/mol. The van der Waals surface area contributed by atoms with Gasteiger partial charge in [0.05, 0.1) is 18.0 Å². The molecule has 0 aliphatic rings. The van der Waals surface area contributed by atoms with Crippen LogP contribution in [-0.2, 0) is 9.84 Å². The number of nitrogens with two attached hydrogens (primary N) is 1. The summed E-state index contributed by atoms with van der Waals surface area (Å²) in [5.41, 5.74) is 7.60. The maximum absolute atomic E-state index is 11.6. The Balaban J connectivity index is 2.43. The summed E-state index contributed by atoms with van der Waals surface area (Å²) in [6.07, 6.45) is 1.16. The van der Waals surface area contributed by atoms with Gasteiger partial charge in [-0.3, -0.25) is 0 Å². The van der Waals surface area contributed by atoms with Gasteiger partial charge in [-0.25, -0.2) is 8.42 Å². The lowest BCUT2D eigenvalue weighted by molar-refractivity contribution is 0.414. The highest BCUT2D eigenvalue weighted by atomic mass is 35.5. The zero-order chi connectivity index (χ0) is 15.6. The molecule has 1 atom stereocenters. The molecule has 0 heterocycles. The molecule has 6 heteroatoms. The molecule has 0 radical (unpaired) electrons. The van der Waals surface area contributed by atoms with Crippen molar-refractivity contribution < 1.29 is 13.2 Å². The Labute approximate surface area is 129 Å². The summed E-state index contributed by atoms with van der Waals surface area (Å²) in [6.45, 7) is 0. The van der Waals surface area contributed by atoms with Crippen LogP contribution in [0.1, 0.15) is 17.2 Å². The normalized spacial score (nSPS) is 13.0. The predicted molar refractivity (Wildman–Crippen MR) is 83.6 cm³/mol. The summed E-state index contributed by atoms with van der Waals surface area (Å²) >= 11 is 6.20. The molecule has 0 bridgehead atoms. The second-order valence-electron chi connectivity index (χ2n) is 4.71. The highest BCUT2D eigenvalue weighted by Crippen LogP contribution is 2.30. The molecule has 2 N–H and O–H groups in total. The molecule has 21 heavy (non-hydrogen) atoms.